The molecule has 1 aromatic carbocycles. The van der Waals surface area contributed by atoms with Crippen molar-refractivity contribution in [2.24, 2.45) is 5.92 Å². The molecule has 0 bridgehead atoms. The van der Waals surface area contributed by atoms with E-state index in [1.165, 1.54) is 18.0 Å². The molecule has 2 aromatic rings. The largest absolute Gasteiger partial charge is 0.294 e. The molecule has 0 amide bonds. The van der Waals surface area contributed by atoms with Crippen molar-refractivity contribution in [1.82, 2.24) is 9.97 Å². The molecular formula is C17H18N2O2. The number of hydrogen-bond donors (Lipinski definition) is 0. The molecule has 0 spiro atoms. The highest BCUT2D eigenvalue weighted by Gasteiger charge is 2.15. The van der Waals surface area contributed by atoms with Crippen molar-refractivity contribution in [1.29, 1.82) is 0 Å². The quantitative estimate of drug-likeness (QED) is 0.603. The summed E-state index contributed by atoms with van der Waals surface area (Å²) in [5.74, 6) is 0.0982. The molecule has 1 aromatic heterocycles. The second kappa shape index (κ2) is 6.88. The maximum Gasteiger partial charge on any atom is 0.207 e. The SMILES string of the molecule is CC(C)Cc1ccc(C(=O)CC(=O)c2ncccn2)cc1. The van der Waals surface area contributed by atoms with Gasteiger partial charge in [-0.3, -0.25) is 9.59 Å². The first-order valence-corrected chi connectivity index (χ1v) is 6.98. The molecule has 0 aliphatic rings. The number of nitrogens with zero attached hydrogens (tertiary/aromatic N) is 2. The van der Waals surface area contributed by atoms with E-state index in [2.05, 4.69) is 23.8 Å². The number of carbonyl (C=O) groups is 2. The van der Waals surface area contributed by atoms with Gasteiger partial charge in [-0.1, -0.05) is 38.1 Å². The number of benzene rings is 1. The second-order valence-corrected chi connectivity index (χ2v) is 5.39. The van der Waals surface area contributed by atoms with Gasteiger partial charge in [0.2, 0.25) is 5.78 Å². The summed E-state index contributed by atoms with van der Waals surface area (Å²) in [6.07, 6.45) is 3.76. The van der Waals surface area contributed by atoms with Gasteiger partial charge in [-0.15, -0.1) is 0 Å². The van der Waals surface area contributed by atoms with Crippen molar-refractivity contribution in [3.63, 3.8) is 0 Å². The first-order valence-electron chi connectivity index (χ1n) is 6.98. The molecular weight excluding hydrogens is 264 g/mol. The summed E-state index contributed by atoms with van der Waals surface area (Å²) in [7, 11) is 0. The molecule has 0 atom stereocenters. The van der Waals surface area contributed by atoms with Gasteiger partial charge in [0.05, 0.1) is 6.42 Å². The average Bonchev–Trinajstić information content (AvgIpc) is 2.48. The van der Waals surface area contributed by atoms with Gasteiger partial charge in [0.15, 0.2) is 11.6 Å². The predicted octanol–water partition coefficient (Wildman–Crippen LogP) is 3.13. The zero-order valence-corrected chi connectivity index (χ0v) is 12.2. The summed E-state index contributed by atoms with van der Waals surface area (Å²) < 4.78 is 0. The van der Waals surface area contributed by atoms with E-state index < -0.39 is 0 Å². The van der Waals surface area contributed by atoms with Crippen LogP contribution in [0.3, 0.4) is 0 Å². The lowest BCUT2D eigenvalue weighted by atomic mass is 9.99. The minimum atomic E-state index is -0.355. The first-order chi connectivity index (χ1) is 10.1. The summed E-state index contributed by atoms with van der Waals surface area (Å²) in [6.45, 7) is 4.30. The summed E-state index contributed by atoms with van der Waals surface area (Å²) in [6, 6.07) is 9.07. The Hall–Kier alpha value is -2.36. The van der Waals surface area contributed by atoms with Crippen LogP contribution >= 0.6 is 0 Å². The number of aromatic nitrogens is 2. The normalized spacial score (nSPS) is 10.6. The van der Waals surface area contributed by atoms with Crippen LogP contribution in [0.1, 0.15) is 46.8 Å². The predicted molar refractivity (Wildman–Crippen MR) is 80.3 cm³/mol. The highest BCUT2D eigenvalue weighted by Crippen LogP contribution is 2.12. The van der Waals surface area contributed by atoms with E-state index in [0.717, 1.165) is 6.42 Å². The van der Waals surface area contributed by atoms with Gasteiger partial charge in [-0.05, 0) is 24.0 Å². The van der Waals surface area contributed by atoms with Crippen molar-refractivity contribution in [3.05, 3.63) is 59.7 Å². The van der Waals surface area contributed by atoms with Crippen molar-refractivity contribution in [2.45, 2.75) is 26.7 Å². The number of hydrogen-bond acceptors (Lipinski definition) is 4. The van der Waals surface area contributed by atoms with Crippen molar-refractivity contribution < 1.29 is 9.59 Å². The number of rotatable bonds is 6. The van der Waals surface area contributed by atoms with Gasteiger partial charge in [-0.2, -0.15) is 0 Å². The highest BCUT2D eigenvalue weighted by molar-refractivity contribution is 6.12. The Balaban J connectivity index is 2.02. The molecule has 4 nitrogen and oxygen atoms in total. The Bertz CT molecular complexity index is 619. The first kappa shape index (κ1) is 15.0. The van der Waals surface area contributed by atoms with Crippen LogP contribution in [-0.4, -0.2) is 21.5 Å². The van der Waals surface area contributed by atoms with E-state index in [9.17, 15) is 9.59 Å². The molecule has 1 heterocycles. The van der Waals surface area contributed by atoms with Crippen molar-refractivity contribution in [3.8, 4) is 0 Å². The van der Waals surface area contributed by atoms with Crippen LogP contribution in [0.2, 0.25) is 0 Å². The second-order valence-electron chi connectivity index (χ2n) is 5.39. The van der Waals surface area contributed by atoms with Gasteiger partial charge >= 0.3 is 0 Å². The van der Waals surface area contributed by atoms with Crippen LogP contribution in [0.15, 0.2) is 42.7 Å². The maximum atomic E-state index is 12.1. The van der Waals surface area contributed by atoms with Gasteiger partial charge in [0.25, 0.3) is 0 Å². The molecule has 0 aliphatic carbocycles. The van der Waals surface area contributed by atoms with E-state index in [1.807, 2.05) is 12.1 Å². The van der Waals surface area contributed by atoms with Crippen LogP contribution in [0.5, 0.6) is 0 Å². The third kappa shape index (κ3) is 4.31. The Morgan fingerprint density at radius 2 is 1.62 bits per heavy atom. The molecule has 0 saturated carbocycles. The third-order valence-electron chi connectivity index (χ3n) is 3.06. The van der Waals surface area contributed by atoms with E-state index in [1.54, 1.807) is 18.2 Å². The molecule has 108 valence electrons. The molecule has 0 saturated heterocycles. The van der Waals surface area contributed by atoms with Crippen LogP contribution in [0.25, 0.3) is 0 Å². The number of carbonyl (C=O) groups excluding carboxylic acids is 2. The monoisotopic (exact) mass is 282 g/mol. The van der Waals surface area contributed by atoms with E-state index in [0.29, 0.717) is 11.5 Å². The smallest absolute Gasteiger partial charge is 0.207 e. The van der Waals surface area contributed by atoms with Crippen LogP contribution < -0.4 is 0 Å². The number of Topliss-reactive ketones (excluding diaryl/α,β-unsaturated/α-hetero) is 2. The molecule has 21 heavy (non-hydrogen) atoms. The molecule has 0 N–H and O–H groups in total. The van der Waals surface area contributed by atoms with E-state index in [-0.39, 0.29) is 23.8 Å². The Morgan fingerprint density at radius 1 is 1.00 bits per heavy atom. The molecule has 0 radical (unpaired) electrons. The zero-order valence-electron chi connectivity index (χ0n) is 12.2. The van der Waals surface area contributed by atoms with Crippen molar-refractivity contribution >= 4 is 11.6 Å². The molecule has 0 fully saturated rings. The van der Waals surface area contributed by atoms with Gasteiger partial charge < -0.3 is 0 Å². The minimum absolute atomic E-state index is 0.0854. The fraction of sp³-hybridized carbons (Fsp3) is 0.294. The Morgan fingerprint density at radius 3 is 2.19 bits per heavy atom. The minimum Gasteiger partial charge on any atom is -0.294 e. The molecule has 4 heteroatoms. The average molecular weight is 282 g/mol. The standard InChI is InChI=1S/C17H18N2O2/c1-12(2)10-13-4-6-14(7-5-13)15(20)11-16(21)17-18-8-3-9-19-17/h3-9,12H,10-11H2,1-2H3. The molecule has 0 unspecified atom stereocenters. The lowest BCUT2D eigenvalue weighted by molar-refractivity contribution is 0.0888. The summed E-state index contributed by atoms with van der Waals surface area (Å²) in [5, 5.41) is 0. The third-order valence-corrected chi connectivity index (χ3v) is 3.06. The fourth-order valence-corrected chi connectivity index (χ4v) is 2.07. The fourth-order valence-electron chi connectivity index (χ4n) is 2.07. The lowest BCUT2D eigenvalue weighted by Crippen LogP contribution is -2.11. The zero-order chi connectivity index (χ0) is 15.2. The van der Waals surface area contributed by atoms with Crippen molar-refractivity contribution in [2.75, 3.05) is 0 Å². The van der Waals surface area contributed by atoms with Crippen LogP contribution in [0.4, 0.5) is 0 Å². The van der Waals surface area contributed by atoms with Crippen LogP contribution in [-0.2, 0) is 6.42 Å². The maximum absolute atomic E-state index is 12.1. The number of ketones is 2. The van der Waals surface area contributed by atoms with E-state index in [4.69, 9.17) is 0 Å². The summed E-state index contributed by atoms with van der Waals surface area (Å²) >= 11 is 0. The summed E-state index contributed by atoms with van der Waals surface area (Å²) in [4.78, 5) is 31.7. The Labute approximate surface area is 124 Å². The van der Waals surface area contributed by atoms with Gasteiger partial charge in [-0.25, -0.2) is 9.97 Å². The van der Waals surface area contributed by atoms with Gasteiger partial charge in [0, 0.05) is 18.0 Å². The molecule has 2 rings (SSSR count). The lowest BCUT2D eigenvalue weighted by Gasteiger charge is -2.06. The summed E-state index contributed by atoms with van der Waals surface area (Å²) in [5.41, 5.74) is 1.74. The molecule has 0 aliphatic heterocycles. The Kier molecular flexibility index (Phi) is 4.93. The van der Waals surface area contributed by atoms with Crippen LogP contribution in [0, 0.1) is 5.92 Å². The van der Waals surface area contributed by atoms with Gasteiger partial charge in [0.1, 0.15) is 0 Å². The van der Waals surface area contributed by atoms with E-state index >= 15 is 0 Å². The topological polar surface area (TPSA) is 59.9 Å². The highest BCUT2D eigenvalue weighted by atomic mass is 16.1.